The van der Waals surface area contributed by atoms with Gasteiger partial charge in [0.05, 0.1) is 16.2 Å². The number of non-ortho nitro benzene ring substituents is 1. The van der Waals surface area contributed by atoms with Crippen LogP contribution < -0.4 is 5.56 Å². The minimum Gasteiger partial charge on any atom is -0.303 e. The third-order valence-electron chi connectivity index (χ3n) is 4.05. The molecule has 7 nitrogen and oxygen atoms in total. The Hall–Kier alpha value is -2.82. The minimum atomic E-state index is -4.75. The summed E-state index contributed by atoms with van der Waals surface area (Å²) in [5.74, 6) is -1.99. The number of rotatable bonds is 3. The smallest absolute Gasteiger partial charge is 0.303 e. The molecule has 0 aliphatic carbocycles. The number of alkyl halides is 3. The van der Waals surface area contributed by atoms with Crippen LogP contribution in [0.4, 0.5) is 23.2 Å². The van der Waals surface area contributed by atoms with Crippen LogP contribution in [-0.4, -0.2) is 26.3 Å². The van der Waals surface area contributed by atoms with Gasteiger partial charge in [-0.15, -0.1) is 0 Å². The lowest BCUT2D eigenvalue weighted by molar-refractivity contribution is -0.385. The van der Waals surface area contributed by atoms with Gasteiger partial charge in [0.15, 0.2) is 0 Å². The lowest BCUT2D eigenvalue weighted by atomic mass is 10.1. The van der Waals surface area contributed by atoms with Crippen LogP contribution in [0.15, 0.2) is 23.0 Å². The van der Waals surface area contributed by atoms with Crippen molar-refractivity contribution in [3.05, 3.63) is 67.1 Å². The summed E-state index contributed by atoms with van der Waals surface area (Å²) in [4.78, 5) is 28.9. The van der Waals surface area contributed by atoms with Crippen molar-refractivity contribution in [3.8, 4) is 0 Å². The summed E-state index contributed by atoms with van der Waals surface area (Å²) in [6, 6.07) is 3.12. The molecular weight excluding hydrogens is 360 g/mol. The van der Waals surface area contributed by atoms with Crippen LogP contribution in [0.3, 0.4) is 0 Å². The molecule has 1 N–H and O–H groups in total. The van der Waals surface area contributed by atoms with Gasteiger partial charge in [-0.25, -0.2) is 9.37 Å². The number of aromatic amines is 1. The second kappa shape index (κ2) is 6.48. The molecule has 0 unspecified atom stereocenters. The van der Waals surface area contributed by atoms with E-state index in [0.717, 1.165) is 18.2 Å². The van der Waals surface area contributed by atoms with Crippen molar-refractivity contribution in [2.45, 2.75) is 25.7 Å². The first kappa shape index (κ1) is 18.0. The number of halogens is 4. The molecule has 0 saturated heterocycles. The average molecular weight is 372 g/mol. The Balaban J connectivity index is 1.85. The van der Waals surface area contributed by atoms with Crippen molar-refractivity contribution in [1.29, 1.82) is 0 Å². The minimum absolute atomic E-state index is 0.0204. The van der Waals surface area contributed by atoms with Gasteiger partial charge in [-0.3, -0.25) is 19.8 Å². The predicted molar refractivity (Wildman–Crippen MR) is 80.7 cm³/mol. The summed E-state index contributed by atoms with van der Waals surface area (Å²) < 4.78 is 52.0. The van der Waals surface area contributed by atoms with Crippen molar-refractivity contribution in [1.82, 2.24) is 14.9 Å². The van der Waals surface area contributed by atoms with Gasteiger partial charge in [0, 0.05) is 43.8 Å². The molecular formula is C15H12F4N4O3. The molecule has 26 heavy (non-hydrogen) atoms. The monoisotopic (exact) mass is 372 g/mol. The van der Waals surface area contributed by atoms with Crippen LogP contribution in [0.25, 0.3) is 0 Å². The SMILES string of the molecule is O=c1[nH]c(C(F)(F)F)nc2c1CN(Cc1cc([N+](=O)[O-])ccc1F)CC2. The quantitative estimate of drug-likeness (QED) is 0.507. The molecule has 3 rings (SSSR count). The molecule has 1 aromatic heterocycles. The number of hydrogen-bond donors (Lipinski definition) is 1. The molecule has 1 aliphatic heterocycles. The Morgan fingerprint density at radius 3 is 2.73 bits per heavy atom. The Kier molecular flexibility index (Phi) is 4.48. The number of nitrogens with one attached hydrogen (secondary N) is 1. The normalized spacial score (nSPS) is 14.9. The second-order valence-corrected chi connectivity index (χ2v) is 5.83. The number of nitro benzene ring substituents is 1. The van der Waals surface area contributed by atoms with Crippen LogP contribution in [0.1, 0.15) is 22.6 Å². The lowest BCUT2D eigenvalue weighted by Crippen LogP contribution is -2.36. The molecule has 0 bridgehead atoms. The zero-order chi connectivity index (χ0) is 19.1. The third kappa shape index (κ3) is 3.57. The van der Waals surface area contributed by atoms with E-state index in [9.17, 15) is 32.5 Å². The summed E-state index contributed by atoms with van der Waals surface area (Å²) in [7, 11) is 0. The van der Waals surface area contributed by atoms with Gasteiger partial charge < -0.3 is 4.98 Å². The zero-order valence-electron chi connectivity index (χ0n) is 13.1. The summed E-state index contributed by atoms with van der Waals surface area (Å²) in [6.07, 6.45) is -4.67. The fourth-order valence-electron chi connectivity index (χ4n) is 2.79. The summed E-state index contributed by atoms with van der Waals surface area (Å²) in [5, 5.41) is 10.8. The van der Waals surface area contributed by atoms with E-state index in [2.05, 4.69) is 4.98 Å². The first-order valence-corrected chi connectivity index (χ1v) is 7.49. The Morgan fingerprint density at radius 2 is 2.08 bits per heavy atom. The lowest BCUT2D eigenvalue weighted by Gasteiger charge is -2.27. The maximum absolute atomic E-state index is 13.9. The summed E-state index contributed by atoms with van der Waals surface area (Å²) in [5.41, 5.74) is -0.967. The molecule has 138 valence electrons. The standard InChI is InChI=1S/C15H12F4N4O3/c16-11-2-1-9(23(25)26)5-8(11)6-22-4-3-12-10(7-22)13(24)21-14(20-12)15(17,18)19/h1-2,5H,3-4,6-7H2,(H,20,21,24). The van der Waals surface area contributed by atoms with Crippen molar-refractivity contribution in [2.75, 3.05) is 6.54 Å². The van der Waals surface area contributed by atoms with E-state index in [0.29, 0.717) is 0 Å². The second-order valence-electron chi connectivity index (χ2n) is 5.83. The van der Waals surface area contributed by atoms with E-state index in [1.54, 1.807) is 9.88 Å². The Labute approximate surface area is 143 Å². The number of nitro groups is 1. The number of hydrogen-bond acceptors (Lipinski definition) is 5. The van der Waals surface area contributed by atoms with Crippen LogP contribution in [0.2, 0.25) is 0 Å². The number of benzene rings is 1. The molecule has 2 heterocycles. The van der Waals surface area contributed by atoms with Gasteiger partial charge in [-0.2, -0.15) is 13.2 Å². The van der Waals surface area contributed by atoms with E-state index >= 15 is 0 Å². The van der Waals surface area contributed by atoms with E-state index in [-0.39, 0.29) is 48.6 Å². The summed E-state index contributed by atoms with van der Waals surface area (Å²) in [6.45, 7) is 0.189. The maximum Gasteiger partial charge on any atom is 0.449 e. The maximum atomic E-state index is 13.9. The number of aromatic nitrogens is 2. The molecule has 0 atom stereocenters. The Bertz CT molecular complexity index is 926. The first-order chi connectivity index (χ1) is 12.1. The first-order valence-electron chi connectivity index (χ1n) is 7.49. The van der Waals surface area contributed by atoms with Gasteiger partial charge in [0.2, 0.25) is 5.82 Å². The van der Waals surface area contributed by atoms with Gasteiger partial charge in [0.25, 0.3) is 11.2 Å². The molecule has 0 amide bonds. The predicted octanol–water partition coefficient (Wildman–Crippen LogP) is 2.39. The van der Waals surface area contributed by atoms with E-state index in [4.69, 9.17) is 0 Å². The molecule has 0 radical (unpaired) electrons. The van der Waals surface area contributed by atoms with Crippen molar-refractivity contribution in [2.24, 2.45) is 0 Å². The highest BCUT2D eigenvalue weighted by Gasteiger charge is 2.36. The van der Waals surface area contributed by atoms with Crippen LogP contribution in [-0.2, 0) is 25.7 Å². The molecule has 0 spiro atoms. The van der Waals surface area contributed by atoms with Crippen LogP contribution in [0, 0.1) is 15.9 Å². The van der Waals surface area contributed by atoms with Crippen molar-refractivity contribution in [3.63, 3.8) is 0 Å². The summed E-state index contributed by atoms with van der Waals surface area (Å²) >= 11 is 0. The molecule has 0 saturated carbocycles. The van der Waals surface area contributed by atoms with Crippen molar-refractivity contribution < 1.29 is 22.5 Å². The van der Waals surface area contributed by atoms with Gasteiger partial charge >= 0.3 is 6.18 Å². The average Bonchev–Trinajstić information content (AvgIpc) is 2.56. The number of nitrogens with zero attached hydrogens (tertiary/aromatic N) is 3. The van der Waals surface area contributed by atoms with Crippen LogP contribution >= 0.6 is 0 Å². The van der Waals surface area contributed by atoms with Crippen LogP contribution in [0.5, 0.6) is 0 Å². The molecule has 1 aliphatic rings. The van der Waals surface area contributed by atoms with Gasteiger partial charge in [0.1, 0.15) is 5.82 Å². The Morgan fingerprint density at radius 1 is 1.35 bits per heavy atom. The fourth-order valence-corrected chi connectivity index (χ4v) is 2.79. The number of fused-ring (bicyclic) bond motifs is 1. The highest BCUT2D eigenvalue weighted by Crippen LogP contribution is 2.27. The highest BCUT2D eigenvalue weighted by atomic mass is 19.4. The fraction of sp³-hybridized carbons (Fsp3) is 0.333. The highest BCUT2D eigenvalue weighted by molar-refractivity contribution is 5.35. The van der Waals surface area contributed by atoms with E-state index < -0.39 is 28.3 Å². The topological polar surface area (TPSA) is 92.1 Å². The van der Waals surface area contributed by atoms with Gasteiger partial charge in [-0.05, 0) is 6.07 Å². The van der Waals surface area contributed by atoms with E-state index in [1.165, 1.54) is 0 Å². The molecule has 2 aromatic rings. The third-order valence-corrected chi connectivity index (χ3v) is 4.05. The largest absolute Gasteiger partial charge is 0.449 e. The van der Waals surface area contributed by atoms with Gasteiger partial charge in [-0.1, -0.05) is 0 Å². The zero-order valence-corrected chi connectivity index (χ0v) is 13.1. The van der Waals surface area contributed by atoms with Crippen molar-refractivity contribution >= 4 is 5.69 Å². The number of H-pyrrole nitrogens is 1. The molecule has 0 fully saturated rings. The molecule has 1 aromatic carbocycles. The van der Waals surface area contributed by atoms with E-state index in [1.807, 2.05) is 0 Å². The molecule has 11 heteroatoms.